The Morgan fingerprint density at radius 3 is 2.00 bits per heavy atom. The van der Waals surface area contributed by atoms with Crippen LogP contribution in [0.2, 0.25) is 0 Å². The number of carbonyl (C=O) groups is 2. The van der Waals surface area contributed by atoms with Crippen molar-refractivity contribution < 1.29 is 39.3 Å². The number of carboxylic acid groups (broad SMARTS) is 2. The van der Waals surface area contributed by atoms with Crippen LogP contribution in [0, 0.1) is 6.07 Å². The number of carbonyl (C=O) groups excluding carboxylic acids is 2. The second kappa shape index (κ2) is 11.1. The van der Waals surface area contributed by atoms with Crippen molar-refractivity contribution in [2.45, 2.75) is 6.42 Å². The predicted octanol–water partition coefficient (Wildman–Crippen LogP) is 0.900. The van der Waals surface area contributed by atoms with Gasteiger partial charge < -0.3 is 19.8 Å². The molecule has 2 aromatic carbocycles. The van der Waals surface area contributed by atoms with Crippen molar-refractivity contribution in [3.05, 3.63) is 85.0 Å². The molecule has 123 valence electrons. The Hall–Kier alpha value is -2.52. The number of benzene rings is 2. The molecule has 0 fully saturated rings. The van der Waals surface area contributed by atoms with Gasteiger partial charge in [0.25, 0.3) is 0 Å². The fourth-order valence-corrected chi connectivity index (χ4v) is 2.00. The molecule has 0 aromatic heterocycles. The van der Waals surface area contributed by atoms with E-state index in [0.29, 0.717) is 0 Å². The van der Waals surface area contributed by atoms with Crippen molar-refractivity contribution in [3.8, 4) is 11.1 Å². The summed E-state index contributed by atoms with van der Waals surface area (Å²) >= 11 is 0. The van der Waals surface area contributed by atoms with E-state index in [1.54, 1.807) is 0 Å². The zero-order chi connectivity index (χ0) is 17.2. The molecule has 0 amide bonds. The van der Waals surface area contributed by atoms with Crippen LogP contribution in [0.25, 0.3) is 11.1 Å². The molecule has 1 aliphatic rings. The summed E-state index contributed by atoms with van der Waals surface area (Å²) < 4.78 is 0. The molecular weight excluding hydrogens is 393 g/mol. The molecular formula is C19H15O4Ru. The third kappa shape index (κ3) is 6.72. The molecule has 0 atom stereocenters. The molecule has 0 saturated heterocycles. The van der Waals surface area contributed by atoms with Gasteiger partial charge in [0.05, 0.1) is 11.9 Å². The summed E-state index contributed by atoms with van der Waals surface area (Å²) in [7, 11) is 0. The molecule has 0 N–H and O–H groups in total. The summed E-state index contributed by atoms with van der Waals surface area (Å²) in [6.07, 6.45) is 2.49. The third-order valence-corrected chi connectivity index (χ3v) is 2.95. The van der Waals surface area contributed by atoms with Crippen LogP contribution in [0.5, 0.6) is 0 Å². The van der Waals surface area contributed by atoms with Crippen molar-refractivity contribution in [1.82, 2.24) is 0 Å². The molecule has 0 bridgehead atoms. The van der Waals surface area contributed by atoms with E-state index in [0.717, 1.165) is 18.6 Å². The topological polar surface area (TPSA) is 80.3 Å². The van der Waals surface area contributed by atoms with Crippen molar-refractivity contribution in [2.75, 3.05) is 0 Å². The summed E-state index contributed by atoms with van der Waals surface area (Å²) in [5.74, 6) is -2.46. The van der Waals surface area contributed by atoms with Gasteiger partial charge in [-0.3, -0.25) is 0 Å². The summed E-state index contributed by atoms with van der Waals surface area (Å²) in [5.41, 5.74) is 5.51. The zero-order valence-electron chi connectivity index (χ0n) is 12.8. The van der Waals surface area contributed by atoms with Crippen LogP contribution in [0.1, 0.15) is 11.1 Å². The van der Waals surface area contributed by atoms with Gasteiger partial charge in [-0.25, -0.2) is 0 Å². The normalized spacial score (nSPS) is 9.33. The van der Waals surface area contributed by atoms with Crippen molar-refractivity contribution >= 4 is 11.9 Å². The average Bonchev–Trinajstić information content (AvgIpc) is 2.94. The first-order valence-electron chi connectivity index (χ1n) is 6.74. The molecule has 1 aliphatic carbocycles. The van der Waals surface area contributed by atoms with E-state index < -0.39 is 11.9 Å². The Morgan fingerprint density at radius 2 is 1.46 bits per heavy atom. The van der Waals surface area contributed by atoms with E-state index in [1.807, 2.05) is 6.07 Å². The number of hydrogen-bond donors (Lipinski definition) is 0. The number of carboxylic acids is 2. The van der Waals surface area contributed by atoms with E-state index in [9.17, 15) is 0 Å². The van der Waals surface area contributed by atoms with Crippen molar-refractivity contribution in [2.24, 2.45) is 0 Å². The van der Waals surface area contributed by atoms with E-state index in [4.69, 9.17) is 19.8 Å². The van der Waals surface area contributed by atoms with E-state index in [2.05, 4.69) is 55.6 Å². The minimum Gasteiger partial charge on any atom is -0.545 e. The van der Waals surface area contributed by atoms with Crippen molar-refractivity contribution in [1.29, 1.82) is 0 Å². The molecule has 2 aromatic rings. The molecule has 0 unspecified atom stereocenters. The minimum absolute atomic E-state index is 0. The summed E-state index contributed by atoms with van der Waals surface area (Å²) in [6, 6.07) is 18.1. The number of hydrogen-bond acceptors (Lipinski definition) is 4. The Bertz CT molecular complexity index is 661. The first-order valence-corrected chi connectivity index (χ1v) is 6.74. The molecule has 4 nitrogen and oxygen atoms in total. The Morgan fingerprint density at radius 1 is 0.958 bits per heavy atom. The summed E-state index contributed by atoms with van der Waals surface area (Å²) in [4.78, 5) is 18.3. The SMILES string of the molecule is C=CC(=O)[O-].C=CC(=O)[O-].[Ru+3].[c-]1cccc2c1Cc1ccccc1-2. The number of aliphatic carboxylic acids is 2. The smallest absolute Gasteiger partial charge is 0.545 e. The van der Waals surface area contributed by atoms with Crippen LogP contribution in [-0.4, -0.2) is 11.9 Å². The third-order valence-electron chi connectivity index (χ3n) is 2.95. The van der Waals surface area contributed by atoms with Gasteiger partial charge in [0, 0.05) is 0 Å². The minimum atomic E-state index is -1.23. The van der Waals surface area contributed by atoms with Gasteiger partial charge in [-0.15, -0.1) is 5.56 Å². The average molecular weight is 408 g/mol. The Kier molecular flexibility index (Phi) is 9.92. The second-order valence-corrected chi connectivity index (χ2v) is 4.44. The van der Waals surface area contributed by atoms with Crippen LogP contribution < -0.4 is 10.2 Å². The molecule has 24 heavy (non-hydrogen) atoms. The quantitative estimate of drug-likeness (QED) is 0.359. The van der Waals surface area contributed by atoms with Crippen LogP contribution in [0.3, 0.4) is 0 Å². The van der Waals surface area contributed by atoms with Crippen LogP contribution in [0.4, 0.5) is 0 Å². The fourth-order valence-electron chi connectivity index (χ4n) is 2.00. The van der Waals surface area contributed by atoms with E-state index in [-0.39, 0.29) is 19.5 Å². The van der Waals surface area contributed by atoms with Gasteiger partial charge in [0.15, 0.2) is 0 Å². The first-order chi connectivity index (χ1) is 11.0. The molecule has 0 heterocycles. The largest absolute Gasteiger partial charge is 3.00 e. The van der Waals surface area contributed by atoms with Gasteiger partial charge in [-0.05, 0) is 18.6 Å². The van der Waals surface area contributed by atoms with Crippen LogP contribution in [0.15, 0.2) is 67.8 Å². The number of rotatable bonds is 2. The second-order valence-electron chi connectivity index (χ2n) is 4.44. The zero-order valence-corrected chi connectivity index (χ0v) is 14.5. The first kappa shape index (κ1) is 21.5. The molecule has 0 saturated carbocycles. The summed E-state index contributed by atoms with van der Waals surface area (Å²) in [5, 5.41) is 18.3. The van der Waals surface area contributed by atoms with Crippen LogP contribution in [-0.2, 0) is 35.5 Å². The van der Waals surface area contributed by atoms with E-state index >= 15 is 0 Å². The standard InChI is InChI=1S/C13H9.2C3H4O2.Ru/c1-3-7-12-10(5-1)9-11-6-2-4-8-13(11)12;2*1-2-3(4)5;/h1-5,7-8H,9H2;2*2H,1H2,(H,4,5);/q-1;;;+3/p-2. The molecule has 5 heteroatoms. The van der Waals surface area contributed by atoms with Gasteiger partial charge >= 0.3 is 19.5 Å². The van der Waals surface area contributed by atoms with E-state index in [1.165, 1.54) is 22.3 Å². The predicted molar refractivity (Wildman–Crippen MR) is 83.9 cm³/mol. The molecule has 0 aliphatic heterocycles. The monoisotopic (exact) mass is 409 g/mol. The molecule has 0 spiro atoms. The number of fused-ring (bicyclic) bond motifs is 3. The van der Waals surface area contributed by atoms with Crippen molar-refractivity contribution in [3.63, 3.8) is 0 Å². The maximum Gasteiger partial charge on any atom is 3.00 e. The molecule has 3 rings (SSSR count). The van der Waals surface area contributed by atoms with Gasteiger partial charge in [-0.1, -0.05) is 48.6 Å². The Labute approximate surface area is 153 Å². The van der Waals surface area contributed by atoms with Crippen LogP contribution >= 0.6 is 0 Å². The maximum atomic E-state index is 9.14. The maximum absolute atomic E-state index is 9.14. The van der Waals surface area contributed by atoms with Gasteiger partial charge in [0.2, 0.25) is 0 Å². The van der Waals surface area contributed by atoms with Gasteiger partial charge in [0.1, 0.15) is 0 Å². The Balaban J connectivity index is 0.000000410. The molecule has 1 radical (unpaired) electrons. The summed E-state index contributed by atoms with van der Waals surface area (Å²) in [6.45, 7) is 5.80. The fraction of sp³-hybridized carbons (Fsp3) is 0.0526. The van der Waals surface area contributed by atoms with Gasteiger partial charge in [-0.2, -0.15) is 29.8 Å².